The summed E-state index contributed by atoms with van der Waals surface area (Å²) >= 11 is 12.0. The summed E-state index contributed by atoms with van der Waals surface area (Å²) in [5.74, 6) is -0.258. The maximum Gasteiger partial charge on any atom is 0.236 e. The number of nitrogens with zero attached hydrogens (tertiary/aromatic N) is 2. The fourth-order valence-corrected chi connectivity index (χ4v) is 3.36. The van der Waals surface area contributed by atoms with Crippen molar-refractivity contribution in [2.75, 3.05) is 33.3 Å². The number of hydrogen-bond donors (Lipinski definition) is 0. The van der Waals surface area contributed by atoms with Crippen LogP contribution in [0.1, 0.15) is 17.2 Å². The van der Waals surface area contributed by atoms with Gasteiger partial charge in [0.05, 0.1) is 29.3 Å². The van der Waals surface area contributed by atoms with Gasteiger partial charge in [-0.25, -0.2) is 4.39 Å². The largest absolute Gasteiger partial charge is 0.371 e. The van der Waals surface area contributed by atoms with Crippen molar-refractivity contribution in [1.82, 2.24) is 9.80 Å². The summed E-state index contributed by atoms with van der Waals surface area (Å²) in [6.45, 7) is 2.58. The number of ether oxygens (including phenoxy) is 1. The minimum atomic E-state index is -0.273. The Balaban J connectivity index is 1.56. The van der Waals surface area contributed by atoms with E-state index >= 15 is 0 Å². The normalized spacial score (nSPS) is 17.7. The zero-order chi connectivity index (χ0) is 19.4. The molecule has 0 aliphatic carbocycles. The number of halogens is 3. The van der Waals surface area contributed by atoms with Crippen LogP contribution < -0.4 is 0 Å². The summed E-state index contributed by atoms with van der Waals surface area (Å²) in [6, 6.07) is 11.7. The number of hydrogen-bond acceptors (Lipinski definition) is 3. The van der Waals surface area contributed by atoms with Gasteiger partial charge in [-0.2, -0.15) is 0 Å². The third kappa shape index (κ3) is 5.42. The average molecular weight is 411 g/mol. The summed E-state index contributed by atoms with van der Waals surface area (Å²) < 4.78 is 18.9. The molecule has 1 aliphatic heterocycles. The molecule has 1 aliphatic rings. The Morgan fingerprint density at radius 3 is 2.67 bits per heavy atom. The van der Waals surface area contributed by atoms with Gasteiger partial charge >= 0.3 is 0 Å². The summed E-state index contributed by atoms with van der Waals surface area (Å²) in [6.07, 6.45) is -0.160. The SMILES string of the molecule is CN(Cc1ccc(Cl)c(Cl)c1)C(=O)CN1CCOC(c2ccc(F)cc2)C1. The molecule has 1 amide bonds. The van der Waals surface area contributed by atoms with Crippen molar-refractivity contribution < 1.29 is 13.9 Å². The number of likely N-dealkylation sites (N-methyl/N-ethyl adjacent to an activating group) is 1. The summed E-state index contributed by atoms with van der Waals surface area (Å²) in [5.41, 5.74) is 1.84. The van der Waals surface area contributed by atoms with Crippen LogP contribution >= 0.6 is 23.2 Å². The van der Waals surface area contributed by atoms with E-state index in [0.29, 0.717) is 42.8 Å². The fourth-order valence-electron chi connectivity index (χ4n) is 3.04. The Hall–Kier alpha value is -1.66. The molecule has 1 heterocycles. The highest BCUT2D eigenvalue weighted by Gasteiger charge is 2.24. The lowest BCUT2D eigenvalue weighted by Gasteiger charge is -2.33. The number of morpholine rings is 1. The van der Waals surface area contributed by atoms with E-state index in [1.165, 1.54) is 12.1 Å². The zero-order valence-electron chi connectivity index (χ0n) is 15.0. The quantitative estimate of drug-likeness (QED) is 0.741. The molecule has 1 atom stereocenters. The van der Waals surface area contributed by atoms with E-state index in [-0.39, 0.29) is 17.8 Å². The molecule has 0 spiro atoms. The van der Waals surface area contributed by atoms with Gasteiger partial charge in [0, 0.05) is 26.7 Å². The molecular formula is C20H21Cl2FN2O2. The first-order valence-electron chi connectivity index (χ1n) is 8.69. The monoisotopic (exact) mass is 410 g/mol. The standard InChI is InChI=1S/C20H21Cl2FN2O2/c1-24(11-14-2-7-17(21)18(22)10-14)20(26)13-25-8-9-27-19(12-25)15-3-5-16(23)6-4-15/h2-7,10,19H,8-9,11-13H2,1H3. The van der Waals surface area contributed by atoms with Gasteiger partial charge < -0.3 is 9.64 Å². The molecule has 1 unspecified atom stereocenters. The predicted molar refractivity (Wildman–Crippen MR) is 104 cm³/mol. The second-order valence-electron chi connectivity index (χ2n) is 6.64. The highest BCUT2D eigenvalue weighted by atomic mass is 35.5. The topological polar surface area (TPSA) is 32.8 Å². The van der Waals surface area contributed by atoms with Gasteiger partial charge in [0.2, 0.25) is 5.91 Å². The highest BCUT2D eigenvalue weighted by molar-refractivity contribution is 6.42. The van der Waals surface area contributed by atoms with Crippen LogP contribution in [0.3, 0.4) is 0 Å². The summed E-state index contributed by atoms with van der Waals surface area (Å²) in [7, 11) is 1.77. The minimum absolute atomic E-state index is 0.0147. The second-order valence-corrected chi connectivity index (χ2v) is 7.46. The van der Waals surface area contributed by atoms with Crippen LogP contribution in [0.25, 0.3) is 0 Å². The van der Waals surface area contributed by atoms with Gasteiger partial charge in [-0.15, -0.1) is 0 Å². The maximum absolute atomic E-state index is 13.1. The minimum Gasteiger partial charge on any atom is -0.371 e. The number of amides is 1. The molecule has 0 aromatic heterocycles. The molecule has 27 heavy (non-hydrogen) atoms. The van der Waals surface area contributed by atoms with E-state index < -0.39 is 0 Å². The third-order valence-corrected chi connectivity index (χ3v) is 5.32. The van der Waals surface area contributed by atoms with Crippen LogP contribution in [0.2, 0.25) is 10.0 Å². The van der Waals surface area contributed by atoms with Crippen LogP contribution in [0, 0.1) is 5.82 Å². The molecule has 2 aromatic rings. The molecule has 1 saturated heterocycles. The molecular weight excluding hydrogens is 390 g/mol. The Morgan fingerprint density at radius 1 is 1.22 bits per heavy atom. The van der Waals surface area contributed by atoms with Gasteiger partial charge in [-0.05, 0) is 35.4 Å². The van der Waals surface area contributed by atoms with Crippen molar-refractivity contribution in [3.05, 3.63) is 69.5 Å². The number of benzene rings is 2. The number of rotatable bonds is 5. The van der Waals surface area contributed by atoms with E-state index in [9.17, 15) is 9.18 Å². The van der Waals surface area contributed by atoms with Crippen molar-refractivity contribution >= 4 is 29.1 Å². The zero-order valence-corrected chi connectivity index (χ0v) is 16.5. The lowest BCUT2D eigenvalue weighted by molar-refractivity contribution is -0.133. The first-order valence-corrected chi connectivity index (χ1v) is 9.45. The molecule has 3 rings (SSSR count). The van der Waals surface area contributed by atoms with E-state index in [4.69, 9.17) is 27.9 Å². The molecule has 4 nitrogen and oxygen atoms in total. The van der Waals surface area contributed by atoms with Crippen LogP contribution in [0.5, 0.6) is 0 Å². The number of carbonyl (C=O) groups excluding carboxylic acids is 1. The van der Waals surface area contributed by atoms with Crippen LogP contribution in [0.15, 0.2) is 42.5 Å². The van der Waals surface area contributed by atoms with Crippen molar-refractivity contribution in [3.8, 4) is 0 Å². The highest BCUT2D eigenvalue weighted by Crippen LogP contribution is 2.24. The van der Waals surface area contributed by atoms with Crippen molar-refractivity contribution in [3.63, 3.8) is 0 Å². The Labute approximate surface area is 168 Å². The van der Waals surface area contributed by atoms with Gasteiger partial charge in [-0.1, -0.05) is 41.4 Å². The van der Waals surface area contributed by atoms with E-state index in [1.54, 1.807) is 36.2 Å². The number of carbonyl (C=O) groups is 1. The molecule has 0 bridgehead atoms. The van der Waals surface area contributed by atoms with Crippen molar-refractivity contribution in [2.24, 2.45) is 0 Å². The first kappa shape index (κ1) is 20.1. The summed E-state index contributed by atoms with van der Waals surface area (Å²) in [5, 5.41) is 0.972. The van der Waals surface area contributed by atoms with E-state index in [0.717, 1.165) is 11.1 Å². The maximum atomic E-state index is 13.1. The van der Waals surface area contributed by atoms with E-state index in [1.807, 2.05) is 6.07 Å². The second kappa shape index (κ2) is 9.02. The molecule has 0 saturated carbocycles. The Bertz CT molecular complexity index is 801. The molecule has 2 aromatic carbocycles. The third-order valence-electron chi connectivity index (χ3n) is 4.58. The molecule has 144 valence electrons. The molecule has 0 N–H and O–H groups in total. The van der Waals surface area contributed by atoms with Crippen LogP contribution in [-0.4, -0.2) is 49.0 Å². The average Bonchev–Trinajstić information content (AvgIpc) is 2.65. The fraction of sp³-hybridized carbons (Fsp3) is 0.350. The summed E-state index contributed by atoms with van der Waals surface area (Å²) in [4.78, 5) is 16.3. The molecule has 7 heteroatoms. The van der Waals surface area contributed by atoms with Gasteiger partial charge in [-0.3, -0.25) is 9.69 Å². The predicted octanol–water partition coefficient (Wildman–Crippen LogP) is 4.16. The van der Waals surface area contributed by atoms with Crippen LogP contribution in [-0.2, 0) is 16.1 Å². The first-order chi connectivity index (χ1) is 12.9. The lowest BCUT2D eigenvalue weighted by atomic mass is 10.1. The smallest absolute Gasteiger partial charge is 0.236 e. The van der Waals surface area contributed by atoms with Crippen molar-refractivity contribution in [2.45, 2.75) is 12.6 Å². The van der Waals surface area contributed by atoms with Gasteiger partial charge in [0.15, 0.2) is 0 Å². The van der Waals surface area contributed by atoms with E-state index in [2.05, 4.69) is 4.90 Å². The lowest BCUT2D eigenvalue weighted by Crippen LogP contribution is -2.44. The van der Waals surface area contributed by atoms with Crippen LogP contribution in [0.4, 0.5) is 4.39 Å². The Kier molecular flexibility index (Phi) is 6.71. The molecule has 0 radical (unpaired) electrons. The van der Waals surface area contributed by atoms with Crippen molar-refractivity contribution in [1.29, 1.82) is 0 Å². The van der Waals surface area contributed by atoms with Gasteiger partial charge in [0.25, 0.3) is 0 Å². The van der Waals surface area contributed by atoms with Gasteiger partial charge in [0.1, 0.15) is 5.82 Å². The Morgan fingerprint density at radius 2 is 1.96 bits per heavy atom. The molecule has 1 fully saturated rings.